The van der Waals surface area contributed by atoms with Crippen molar-refractivity contribution in [2.75, 3.05) is 18.2 Å². The first-order chi connectivity index (χ1) is 14.8. The maximum absolute atomic E-state index is 12.6. The fourth-order valence-electron chi connectivity index (χ4n) is 3.03. The molecule has 3 aromatic rings. The van der Waals surface area contributed by atoms with Gasteiger partial charge in [-0.25, -0.2) is 14.6 Å². The standard InChI is InChI=1S/C20H21N5O5S/c1-5-10-25-15-16(23(2)20(29)24(3)17(15)27)22-19(25)31-11-14(26)21-13-9-7-6-8-12(13)18(28)30-4/h5-9H,1,10-11H2,2-4H3,(H,21,26). The fourth-order valence-corrected chi connectivity index (χ4v) is 3.84. The summed E-state index contributed by atoms with van der Waals surface area (Å²) in [5.41, 5.74) is 0.0825. The van der Waals surface area contributed by atoms with Gasteiger partial charge in [0.1, 0.15) is 0 Å². The van der Waals surface area contributed by atoms with Crippen molar-refractivity contribution >= 4 is 40.5 Å². The second-order valence-corrected chi connectivity index (χ2v) is 7.49. The number of benzene rings is 1. The highest BCUT2D eigenvalue weighted by Gasteiger charge is 2.20. The van der Waals surface area contributed by atoms with Gasteiger partial charge in [-0.3, -0.25) is 18.7 Å². The van der Waals surface area contributed by atoms with Crippen molar-refractivity contribution in [2.24, 2.45) is 14.1 Å². The van der Waals surface area contributed by atoms with Crippen molar-refractivity contribution in [1.82, 2.24) is 18.7 Å². The smallest absolute Gasteiger partial charge is 0.339 e. The summed E-state index contributed by atoms with van der Waals surface area (Å²) in [5.74, 6) is -0.974. The maximum atomic E-state index is 12.6. The zero-order chi connectivity index (χ0) is 22.7. The molecule has 2 aromatic heterocycles. The summed E-state index contributed by atoms with van der Waals surface area (Å²) in [6, 6.07) is 6.50. The van der Waals surface area contributed by atoms with E-state index in [0.29, 0.717) is 10.8 Å². The molecule has 1 N–H and O–H groups in total. The number of hydrogen-bond acceptors (Lipinski definition) is 7. The molecule has 10 nitrogen and oxygen atoms in total. The Balaban J connectivity index is 1.89. The van der Waals surface area contributed by atoms with Gasteiger partial charge in [-0.05, 0) is 12.1 Å². The van der Waals surface area contributed by atoms with Gasteiger partial charge in [0.2, 0.25) is 5.91 Å². The Morgan fingerprint density at radius 2 is 1.94 bits per heavy atom. The molecule has 0 fully saturated rings. The quantitative estimate of drug-likeness (QED) is 0.331. The summed E-state index contributed by atoms with van der Waals surface area (Å²) in [5, 5.41) is 3.08. The highest BCUT2D eigenvalue weighted by atomic mass is 32.2. The molecule has 0 aliphatic heterocycles. The van der Waals surface area contributed by atoms with Crippen LogP contribution in [0.15, 0.2) is 51.7 Å². The largest absolute Gasteiger partial charge is 0.465 e. The molecule has 0 atom stereocenters. The van der Waals surface area contributed by atoms with E-state index in [1.54, 1.807) is 34.9 Å². The number of nitrogens with one attached hydrogen (secondary N) is 1. The number of aryl methyl sites for hydroxylation is 1. The lowest BCUT2D eigenvalue weighted by atomic mass is 10.2. The molecule has 0 saturated heterocycles. The van der Waals surface area contributed by atoms with Crippen molar-refractivity contribution in [3.63, 3.8) is 0 Å². The minimum atomic E-state index is -0.562. The number of aromatic nitrogens is 4. The van der Waals surface area contributed by atoms with Crippen LogP contribution in [0.25, 0.3) is 11.2 Å². The lowest BCUT2D eigenvalue weighted by Gasteiger charge is -2.10. The van der Waals surface area contributed by atoms with Gasteiger partial charge in [0.25, 0.3) is 5.56 Å². The number of allylic oxidation sites excluding steroid dienone is 1. The second-order valence-electron chi connectivity index (χ2n) is 6.55. The predicted octanol–water partition coefficient (Wildman–Crippen LogP) is 1.14. The lowest BCUT2D eigenvalue weighted by molar-refractivity contribution is -0.113. The molecule has 0 spiro atoms. The average Bonchev–Trinajstić information content (AvgIpc) is 3.13. The van der Waals surface area contributed by atoms with Crippen LogP contribution in [0.3, 0.4) is 0 Å². The number of rotatable bonds is 7. The number of methoxy groups -OCH3 is 1. The molecule has 0 aliphatic rings. The summed E-state index contributed by atoms with van der Waals surface area (Å²) in [4.78, 5) is 53.6. The predicted molar refractivity (Wildman–Crippen MR) is 118 cm³/mol. The number of hydrogen-bond donors (Lipinski definition) is 1. The van der Waals surface area contributed by atoms with Gasteiger partial charge < -0.3 is 14.6 Å². The molecule has 11 heteroatoms. The maximum Gasteiger partial charge on any atom is 0.339 e. The van der Waals surface area contributed by atoms with E-state index < -0.39 is 17.2 Å². The molecule has 0 bridgehead atoms. The van der Waals surface area contributed by atoms with Crippen molar-refractivity contribution in [3.05, 3.63) is 63.3 Å². The number of amides is 1. The summed E-state index contributed by atoms with van der Waals surface area (Å²) in [6.45, 7) is 3.98. The van der Waals surface area contributed by atoms with Gasteiger partial charge in [0.15, 0.2) is 16.3 Å². The van der Waals surface area contributed by atoms with Crippen LogP contribution in [0.5, 0.6) is 0 Å². The zero-order valence-electron chi connectivity index (χ0n) is 17.2. The number of fused-ring (bicyclic) bond motifs is 1. The van der Waals surface area contributed by atoms with E-state index >= 15 is 0 Å². The van der Waals surface area contributed by atoms with Gasteiger partial charge in [0.05, 0.1) is 24.1 Å². The average molecular weight is 443 g/mol. The third kappa shape index (κ3) is 4.17. The highest BCUT2D eigenvalue weighted by Crippen LogP contribution is 2.23. The molecule has 2 heterocycles. The molecular weight excluding hydrogens is 422 g/mol. The van der Waals surface area contributed by atoms with Crippen molar-refractivity contribution in [3.8, 4) is 0 Å². The number of para-hydroxylation sites is 1. The highest BCUT2D eigenvalue weighted by molar-refractivity contribution is 7.99. The summed E-state index contributed by atoms with van der Waals surface area (Å²) in [6.07, 6.45) is 1.60. The number of esters is 1. The molecule has 0 radical (unpaired) electrons. The molecule has 0 saturated carbocycles. The summed E-state index contributed by atoms with van der Waals surface area (Å²) >= 11 is 1.10. The Kier molecular flexibility index (Phi) is 6.44. The van der Waals surface area contributed by atoms with Gasteiger partial charge in [-0.15, -0.1) is 6.58 Å². The molecule has 162 valence electrons. The van der Waals surface area contributed by atoms with Crippen LogP contribution in [-0.4, -0.2) is 43.4 Å². The number of imidazole rings is 1. The van der Waals surface area contributed by atoms with Crippen molar-refractivity contribution in [1.29, 1.82) is 0 Å². The first-order valence-corrected chi connectivity index (χ1v) is 10.2. The van der Waals surface area contributed by atoms with Crippen molar-refractivity contribution < 1.29 is 14.3 Å². The van der Waals surface area contributed by atoms with E-state index in [4.69, 9.17) is 4.74 Å². The van der Waals surface area contributed by atoms with Gasteiger partial charge in [-0.1, -0.05) is 30.0 Å². The number of anilines is 1. The van der Waals surface area contributed by atoms with E-state index in [-0.39, 0.29) is 34.9 Å². The fraction of sp³-hybridized carbons (Fsp3) is 0.250. The molecule has 31 heavy (non-hydrogen) atoms. The number of carbonyl (C=O) groups excluding carboxylic acids is 2. The number of carbonyl (C=O) groups is 2. The topological polar surface area (TPSA) is 117 Å². The minimum absolute atomic E-state index is 0.0375. The zero-order valence-corrected chi connectivity index (χ0v) is 18.1. The number of nitrogens with zero attached hydrogens (tertiary/aromatic N) is 4. The third-order valence-electron chi connectivity index (χ3n) is 4.56. The lowest BCUT2D eigenvalue weighted by Crippen LogP contribution is -2.37. The minimum Gasteiger partial charge on any atom is -0.465 e. The third-order valence-corrected chi connectivity index (χ3v) is 5.54. The van der Waals surface area contributed by atoms with E-state index in [2.05, 4.69) is 16.9 Å². The SMILES string of the molecule is C=CCn1c(SCC(=O)Nc2ccccc2C(=O)OC)nc2c1c(=O)n(C)c(=O)n2C. The Labute approximate surface area is 181 Å². The van der Waals surface area contributed by atoms with E-state index in [1.807, 2.05) is 0 Å². The van der Waals surface area contributed by atoms with Gasteiger partial charge in [-0.2, -0.15) is 0 Å². The van der Waals surface area contributed by atoms with E-state index in [9.17, 15) is 19.2 Å². The molecule has 0 aliphatic carbocycles. The molecule has 1 amide bonds. The molecule has 1 aromatic carbocycles. The Morgan fingerprint density at radius 3 is 2.61 bits per heavy atom. The monoisotopic (exact) mass is 443 g/mol. The van der Waals surface area contributed by atoms with Crippen LogP contribution in [0, 0.1) is 0 Å². The van der Waals surface area contributed by atoms with Crippen LogP contribution in [0.1, 0.15) is 10.4 Å². The second kappa shape index (κ2) is 9.04. The van der Waals surface area contributed by atoms with E-state index in [0.717, 1.165) is 16.3 Å². The Morgan fingerprint density at radius 1 is 1.23 bits per heavy atom. The summed E-state index contributed by atoms with van der Waals surface area (Å²) < 4.78 is 8.64. The first kappa shape index (κ1) is 22.1. The van der Waals surface area contributed by atoms with Crippen LogP contribution < -0.4 is 16.6 Å². The first-order valence-electron chi connectivity index (χ1n) is 9.17. The Bertz CT molecular complexity index is 1300. The van der Waals surface area contributed by atoms with Crippen molar-refractivity contribution in [2.45, 2.75) is 11.7 Å². The van der Waals surface area contributed by atoms with E-state index in [1.165, 1.54) is 25.8 Å². The number of ether oxygens (including phenoxy) is 1. The number of thioether (sulfide) groups is 1. The van der Waals surface area contributed by atoms with Gasteiger partial charge >= 0.3 is 11.7 Å². The van der Waals surface area contributed by atoms with Gasteiger partial charge in [0, 0.05) is 20.6 Å². The van der Waals surface area contributed by atoms with Crippen LogP contribution >= 0.6 is 11.8 Å². The van der Waals surface area contributed by atoms with Crippen LogP contribution in [-0.2, 0) is 30.2 Å². The Hall–Kier alpha value is -3.60. The molecular formula is C20H21N5O5S. The molecule has 0 unspecified atom stereocenters. The normalized spacial score (nSPS) is 10.8. The summed E-state index contributed by atoms with van der Waals surface area (Å²) in [7, 11) is 4.19. The van der Waals surface area contributed by atoms with Crippen LogP contribution in [0.4, 0.5) is 5.69 Å². The molecule has 3 rings (SSSR count). The van der Waals surface area contributed by atoms with Crippen LogP contribution in [0.2, 0.25) is 0 Å².